The Morgan fingerprint density at radius 1 is 1.32 bits per heavy atom. The topological polar surface area (TPSA) is 52.6 Å². The molecular formula is C15H14O4. The predicted octanol–water partition coefficient (Wildman–Crippen LogP) is 2.10. The maximum Gasteiger partial charge on any atom is 0.340 e. The van der Waals surface area contributed by atoms with Crippen molar-refractivity contribution in [3.05, 3.63) is 47.5 Å². The van der Waals surface area contributed by atoms with Crippen LogP contribution in [0.5, 0.6) is 0 Å². The van der Waals surface area contributed by atoms with E-state index in [1.54, 1.807) is 24.3 Å². The van der Waals surface area contributed by atoms with E-state index in [9.17, 15) is 9.59 Å². The fourth-order valence-corrected chi connectivity index (χ4v) is 2.60. The summed E-state index contributed by atoms with van der Waals surface area (Å²) in [6.45, 7) is 0. The molecule has 4 heteroatoms. The first kappa shape index (κ1) is 12.1. The van der Waals surface area contributed by atoms with Gasteiger partial charge in [-0.3, -0.25) is 4.79 Å². The predicted molar refractivity (Wildman–Crippen MR) is 67.4 cm³/mol. The van der Waals surface area contributed by atoms with Gasteiger partial charge in [-0.05, 0) is 17.7 Å². The molecule has 0 amide bonds. The summed E-state index contributed by atoms with van der Waals surface area (Å²) in [5, 5.41) is 0. The molecule has 98 valence electrons. The monoisotopic (exact) mass is 258 g/mol. The molecule has 1 aliphatic carbocycles. The van der Waals surface area contributed by atoms with Gasteiger partial charge < -0.3 is 9.47 Å². The lowest BCUT2D eigenvalue weighted by atomic mass is 10.1. The Labute approximate surface area is 111 Å². The molecule has 0 N–H and O–H groups in total. The van der Waals surface area contributed by atoms with Gasteiger partial charge in [0, 0.05) is 18.8 Å². The molecule has 0 saturated carbocycles. The van der Waals surface area contributed by atoms with E-state index < -0.39 is 6.29 Å². The Hall–Kier alpha value is -1.94. The lowest BCUT2D eigenvalue weighted by Crippen LogP contribution is -2.19. The summed E-state index contributed by atoms with van der Waals surface area (Å²) < 4.78 is 11.0. The zero-order valence-electron chi connectivity index (χ0n) is 10.3. The van der Waals surface area contributed by atoms with Crippen LogP contribution in [0.2, 0.25) is 0 Å². The van der Waals surface area contributed by atoms with Gasteiger partial charge >= 0.3 is 5.97 Å². The smallest absolute Gasteiger partial charge is 0.340 e. The lowest BCUT2D eigenvalue weighted by Gasteiger charge is -2.13. The maximum atomic E-state index is 11.9. The summed E-state index contributed by atoms with van der Waals surface area (Å²) in [5.41, 5.74) is 1.30. The standard InChI is InChI=1S/C15H14O4/c16-9-10-6-12-8-14(18-13(12)7-10)19-15(17)11-4-2-1-3-5-11/h1-6,9,12-14H,7-8H2. The van der Waals surface area contributed by atoms with Crippen LogP contribution in [-0.4, -0.2) is 24.6 Å². The van der Waals surface area contributed by atoms with E-state index in [1.165, 1.54) is 0 Å². The largest absolute Gasteiger partial charge is 0.432 e. The molecule has 1 aromatic carbocycles. The minimum atomic E-state index is -0.507. The molecule has 1 fully saturated rings. The lowest BCUT2D eigenvalue weighted by molar-refractivity contribution is -0.108. The summed E-state index contributed by atoms with van der Waals surface area (Å²) in [6, 6.07) is 8.85. The highest BCUT2D eigenvalue weighted by atomic mass is 16.7. The second kappa shape index (κ2) is 4.97. The summed E-state index contributed by atoms with van der Waals surface area (Å²) >= 11 is 0. The van der Waals surface area contributed by atoms with Crippen molar-refractivity contribution in [1.82, 2.24) is 0 Å². The van der Waals surface area contributed by atoms with E-state index in [1.807, 2.05) is 12.1 Å². The molecule has 1 saturated heterocycles. The van der Waals surface area contributed by atoms with Crippen LogP contribution in [-0.2, 0) is 14.3 Å². The Bertz CT molecular complexity index is 520. The number of carbonyl (C=O) groups is 2. The Morgan fingerprint density at radius 2 is 2.11 bits per heavy atom. The molecule has 1 aliphatic heterocycles. The summed E-state index contributed by atoms with van der Waals surface area (Å²) in [5.74, 6) is -0.182. The highest BCUT2D eigenvalue weighted by Gasteiger charge is 2.40. The first-order chi connectivity index (χ1) is 9.26. The number of fused-ring (bicyclic) bond motifs is 1. The maximum absolute atomic E-state index is 11.9. The van der Waals surface area contributed by atoms with Gasteiger partial charge in [-0.1, -0.05) is 24.3 Å². The molecule has 0 spiro atoms. The van der Waals surface area contributed by atoms with Crippen molar-refractivity contribution in [2.24, 2.45) is 5.92 Å². The number of hydrogen-bond acceptors (Lipinski definition) is 4. The number of hydrogen-bond donors (Lipinski definition) is 0. The van der Waals surface area contributed by atoms with E-state index in [0.29, 0.717) is 18.4 Å². The van der Waals surface area contributed by atoms with Crippen molar-refractivity contribution in [2.45, 2.75) is 25.2 Å². The van der Waals surface area contributed by atoms with Gasteiger partial charge in [-0.15, -0.1) is 0 Å². The van der Waals surface area contributed by atoms with Crippen LogP contribution < -0.4 is 0 Å². The van der Waals surface area contributed by atoms with Crippen LogP contribution in [0.3, 0.4) is 0 Å². The molecule has 0 aromatic heterocycles. The van der Waals surface area contributed by atoms with Gasteiger partial charge in [-0.25, -0.2) is 4.79 Å². The molecule has 0 radical (unpaired) electrons. The summed E-state index contributed by atoms with van der Waals surface area (Å²) in [6.07, 6.45) is 3.51. The van der Waals surface area contributed by atoms with E-state index >= 15 is 0 Å². The SMILES string of the molecule is O=CC1=CC2CC(OC(=O)c3ccccc3)OC2C1. The highest BCUT2D eigenvalue weighted by molar-refractivity contribution is 5.89. The zero-order chi connectivity index (χ0) is 13.2. The minimum Gasteiger partial charge on any atom is -0.432 e. The average molecular weight is 258 g/mol. The molecular weight excluding hydrogens is 244 g/mol. The number of benzene rings is 1. The zero-order valence-corrected chi connectivity index (χ0v) is 10.3. The van der Waals surface area contributed by atoms with Gasteiger partial charge in [0.2, 0.25) is 6.29 Å². The molecule has 1 heterocycles. The fourth-order valence-electron chi connectivity index (χ4n) is 2.60. The average Bonchev–Trinajstić information content (AvgIpc) is 2.97. The van der Waals surface area contributed by atoms with Crippen molar-refractivity contribution >= 4 is 12.3 Å². The van der Waals surface area contributed by atoms with Crippen LogP contribution >= 0.6 is 0 Å². The molecule has 0 bridgehead atoms. The molecule has 2 aliphatic rings. The summed E-state index contributed by atoms with van der Waals surface area (Å²) in [7, 11) is 0. The fraction of sp³-hybridized carbons (Fsp3) is 0.333. The molecule has 3 unspecified atom stereocenters. The van der Waals surface area contributed by atoms with Crippen LogP contribution in [0.1, 0.15) is 23.2 Å². The van der Waals surface area contributed by atoms with Crippen molar-refractivity contribution in [3.63, 3.8) is 0 Å². The molecule has 3 rings (SSSR count). The Balaban J connectivity index is 1.60. The molecule has 3 atom stereocenters. The van der Waals surface area contributed by atoms with Gasteiger partial charge in [0.15, 0.2) is 0 Å². The molecule has 4 nitrogen and oxygen atoms in total. The van der Waals surface area contributed by atoms with Crippen molar-refractivity contribution in [3.8, 4) is 0 Å². The van der Waals surface area contributed by atoms with Crippen molar-refractivity contribution < 1.29 is 19.1 Å². The van der Waals surface area contributed by atoms with Gasteiger partial charge in [0.25, 0.3) is 0 Å². The second-order valence-corrected chi connectivity index (χ2v) is 4.84. The van der Waals surface area contributed by atoms with Crippen molar-refractivity contribution in [2.75, 3.05) is 0 Å². The van der Waals surface area contributed by atoms with Crippen LogP contribution in [0.4, 0.5) is 0 Å². The normalized spacial score (nSPS) is 28.6. The quantitative estimate of drug-likeness (QED) is 0.615. The third-order valence-electron chi connectivity index (χ3n) is 3.53. The number of ether oxygens (including phenoxy) is 2. The first-order valence-corrected chi connectivity index (χ1v) is 6.33. The highest BCUT2D eigenvalue weighted by Crippen LogP contribution is 2.37. The molecule has 19 heavy (non-hydrogen) atoms. The van der Waals surface area contributed by atoms with E-state index in [2.05, 4.69) is 0 Å². The van der Waals surface area contributed by atoms with Gasteiger partial charge in [0.05, 0.1) is 11.7 Å². The molecule has 1 aromatic rings. The number of carbonyl (C=O) groups excluding carboxylic acids is 2. The number of rotatable bonds is 3. The Kier molecular flexibility index (Phi) is 3.17. The third-order valence-corrected chi connectivity index (χ3v) is 3.53. The van der Waals surface area contributed by atoms with Gasteiger partial charge in [-0.2, -0.15) is 0 Å². The van der Waals surface area contributed by atoms with Crippen LogP contribution in [0.25, 0.3) is 0 Å². The first-order valence-electron chi connectivity index (χ1n) is 6.33. The third kappa shape index (κ3) is 2.44. The second-order valence-electron chi connectivity index (χ2n) is 4.84. The van der Waals surface area contributed by atoms with Crippen LogP contribution in [0.15, 0.2) is 42.0 Å². The van der Waals surface area contributed by atoms with Crippen molar-refractivity contribution in [1.29, 1.82) is 0 Å². The Morgan fingerprint density at radius 3 is 2.79 bits per heavy atom. The summed E-state index contributed by atoms with van der Waals surface area (Å²) in [4.78, 5) is 22.5. The van der Waals surface area contributed by atoms with E-state index in [4.69, 9.17) is 9.47 Å². The minimum absolute atomic E-state index is 0.0197. The number of aldehydes is 1. The van der Waals surface area contributed by atoms with Gasteiger partial charge in [0.1, 0.15) is 6.29 Å². The van der Waals surface area contributed by atoms with E-state index in [-0.39, 0.29) is 18.0 Å². The van der Waals surface area contributed by atoms with E-state index in [0.717, 1.165) is 11.9 Å². The number of esters is 1. The van der Waals surface area contributed by atoms with Crippen LogP contribution in [0, 0.1) is 5.92 Å².